The minimum absolute atomic E-state index is 0.116. The summed E-state index contributed by atoms with van der Waals surface area (Å²) in [5.74, 6) is -0.216. The van der Waals surface area contributed by atoms with E-state index in [2.05, 4.69) is 21.2 Å². The Bertz CT molecular complexity index is 646. The Balaban J connectivity index is 2.15. The van der Waals surface area contributed by atoms with Crippen molar-refractivity contribution in [2.24, 2.45) is 0 Å². The molecule has 0 aliphatic carbocycles. The smallest absolute Gasteiger partial charge is 0.253 e. The molecule has 0 bridgehead atoms. The van der Waals surface area contributed by atoms with Gasteiger partial charge in [-0.3, -0.25) is 4.79 Å². The third-order valence-electron chi connectivity index (χ3n) is 2.95. The van der Waals surface area contributed by atoms with Crippen LogP contribution in [0.25, 0.3) is 0 Å². The summed E-state index contributed by atoms with van der Waals surface area (Å²) in [6, 6.07) is 12.5. The predicted octanol–water partition coefficient (Wildman–Crippen LogP) is 4.18. The lowest BCUT2D eigenvalue weighted by Crippen LogP contribution is -2.27. The number of nitrogens with two attached hydrogens (primary N) is 1. The third-order valence-corrected chi connectivity index (χ3v) is 3.68. The number of nitrogens with one attached hydrogen (secondary N) is 1. The van der Waals surface area contributed by atoms with Gasteiger partial charge in [0.25, 0.3) is 5.91 Å². The minimum atomic E-state index is -0.216. The second-order valence-electron chi connectivity index (χ2n) is 4.48. The largest absolute Gasteiger partial charge is 0.398 e. The number of nitrogen functional groups attached to an aromatic ring is 1. The number of carbonyl (C=O) groups excluding carboxylic acids is 1. The summed E-state index contributed by atoms with van der Waals surface area (Å²) in [6.07, 6.45) is 0. The Kier molecular flexibility index (Phi) is 4.68. The van der Waals surface area contributed by atoms with Crippen LogP contribution >= 0.6 is 27.5 Å². The van der Waals surface area contributed by atoms with Crippen molar-refractivity contribution in [2.75, 3.05) is 5.73 Å². The van der Waals surface area contributed by atoms with Gasteiger partial charge in [-0.05, 0) is 42.8 Å². The number of hydrogen-bond donors (Lipinski definition) is 2. The Morgan fingerprint density at radius 2 is 2.05 bits per heavy atom. The standard InChI is InChI=1S/C15H14BrClN2O/c1-9(10-3-2-4-11(16)7-10)19-15(20)13-6-5-12(17)8-14(13)18/h2-9H,18H2,1H3,(H,19,20). The average molecular weight is 354 g/mol. The van der Waals surface area contributed by atoms with Crippen LogP contribution in [0.5, 0.6) is 0 Å². The molecule has 2 rings (SSSR count). The molecule has 1 atom stereocenters. The average Bonchev–Trinajstić information content (AvgIpc) is 2.38. The fraction of sp³-hybridized carbons (Fsp3) is 0.133. The van der Waals surface area contributed by atoms with Gasteiger partial charge < -0.3 is 11.1 Å². The van der Waals surface area contributed by atoms with Crippen LogP contribution in [-0.4, -0.2) is 5.91 Å². The molecule has 0 aromatic heterocycles. The molecule has 0 spiro atoms. The molecular formula is C15H14BrClN2O. The fourth-order valence-electron chi connectivity index (χ4n) is 1.87. The van der Waals surface area contributed by atoms with Crippen LogP contribution in [0.2, 0.25) is 5.02 Å². The minimum Gasteiger partial charge on any atom is -0.398 e. The van der Waals surface area contributed by atoms with E-state index in [4.69, 9.17) is 17.3 Å². The van der Waals surface area contributed by atoms with E-state index in [1.165, 1.54) is 0 Å². The molecule has 3 N–H and O–H groups in total. The van der Waals surface area contributed by atoms with E-state index in [9.17, 15) is 4.79 Å². The summed E-state index contributed by atoms with van der Waals surface area (Å²) < 4.78 is 0.974. The van der Waals surface area contributed by atoms with Gasteiger partial charge in [0.05, 0.1) is 11.6 Å². The highest BCUT2D eigenvalue weighted by molar-refractivity contribution is 9.10. The van der Waals surface area contributed by atoms with Gasteiger partial charge in [-0.15, -0.1) is 0 Å². The number of halogens is 2. The van der Waals surface area contributed by atoms with E-state index in [0.29, 0.717) is 16.3 Å². The maximum absolute atomic E-state index is 12.2. The first-order valence-electron chi connectivity index (χ1n) is 6.08. The molecule has 1 amide bonds. The molecule has 2 aromatic rings. The van der Waals surface area contributed by atoms with Gasteiger partial charge in [-0.1, -0.05) is 39.7 Å². The third kappa shape index (κ3) is 3.52. The number of benzene rings is 2. The normalized spacial score (nSPS) is 11.9. The first kappa shape index (κ1) is 14.9. The zero-order valence-electron chi connectivity index (χ0n) is 10.9. The van der Waals surface area contributed by atoms with Crippen molar-refractivity contribution in [1.82, 2.24) is 5.32 Å². The number of hydrogen-bond acceptors (Lipinski definition) is 2. The summed E-state index contributed by atoms with van der Waals surface area (Å²) in [7, 11) is 0. The number of amides is 1. The van der Waals surface area contributed by atoms with Crippen molar-refractivity contribution >= 4 is 39.1 Å². The van der Waals surface area contributed by atoms with Crippen LogP contribution in [0.3, 0.4) is 0 Å². The van der Waals surface area contributed by atoms with Gasteiger partial charge in [0, 0.05) is 15.2 Å². The highest BCUT2D eigenvalue weighted by atomic mass is 79.9. The lowest BCUT2D eigenvalue weighted by Gasteiger charge is -2.15. The van der Waals surface area contributed by atoms with Gasteiger partial charge in [0.15, 0.2) is 0 Å². The summed E-state index contributed by atoms with van der Waals surface area (Å²) in [5.41, 5.74) is 7.62. The summed E-state index contributed by atoms with van der Waals surface area (Å²) in [4.78, 5) is 12.2. The lowest BCUT2D eigenvalue weighted by atomic mass is 10.1. The van der Waals surface area contributed by atoms with Crippen molar-refractivity contribution in [3.63, 3.8) is 0 Å². The Morgan fingerprint density at radius 1 is 1.30 bits per heavy atom. The van der Waals surface area contributed by atoms with Crippen molar-refractivity contribution in [1.29, 1.82) is 0 Å². The van der Waals surface area contributed by atoms with Gasteiger partial charge in [-0.25, -0.2) is 0 Å². The highest BCUT2D eigenvalue weighted by Crippen LogP contribution is 2.21. The van der Waals surface area contributed by atoms with Crippen LogP contribution in [0, 0.1) is 0 Å². The van der Waals surface area contributed by atoms with E-state index in [1.807, 2.05) is 31.2 Å². The maximum Gasteiger partial charge on any atom is 0.253 e. The molecule has 0 aliphatic heterocycles. The van der Waals surface area contributed by atoms with Crippen molar-refractivity contribution < 1.29 is 4.79 Å². The fourth-order valence-corrected chi connectivity index (χ4v) is 2.47. The van der Waals surface area contributed by atoms with Crippen LogP contribution in [-0.2, 0) is 0 Å². The summed E-state index contributed by atoms with van der Waals surface area (Å²) in [5, 5.41) is 3.43. The number of anilines is 1. The van der Waals surface area contributed by atoms with Crippen molar-refractivity contribution in [2.45, 2.75) is 13.0 Å². The van der Waals surface area contributed by atoms with Crippen molar-refractivity contribution in [3.8, 4) is 0 Å². The van der Waals surface area contributed by atoms with E-state index >= 15 is 0 Å². The van der Waals surface area contributed by atoms with Gasteiger partial charge >= 0.3 is 0 Å². The molecule has 5 heteroatoms. The molecule has 0 saturated carbocycles. The number of carbonyl (C=O) groups is 1. The lowest BCUT2D eigenvalue weighted by molar-refractivity contribution is 0.0941. The second-order valence-corrected chi connectivity index (χ2v) is 5.83. The first-order chi connectivity index (χ1) is 9.47. The van der Waals surface area contributed by atoms with E-state index in [1.54, 1.807) is 18.2 Å². The molecule has 3 nitrogen and oxygen atoms in total. The topological polar surface area (TPSA) is 55.1 Å². The Hall–Kier alpha value is -1.52. The van der Waals surface area contributed by atoms with Gasteiger partial charge in [0.1, 0.15) is 0 Å². The van der Waals surface area contributed by atoms with E-state index in [0.717, 1.165) is 10.0 Å². The van der Waals surface area contributed by atoms with E-state index < -0.39 is 0 Å². The van der Waals surface area contributed by atoms with Gasteiger partial charge in [-0.2, -0.15) is 0 Å². The van der Waals surface area contributed by atoms with Gasteiger partial charge in [0.2, 0.25) is 0 Å². The Labute approximate surface area is 131 Å². The van der Waals surface area contributed by atoms with Crippen LogP contribution in [0.1, 0.15) is 28.9 Å². The maximum atomic E-state index is 12.2. The van der Waals surface area contributed by atoms with Crippen molar-refractivity contribution in [3.05, 3.63) is 63.1 Å². The zero-order chi connectivity index (χ0) is 14.7. The first-order valence-corrected chi connectivity index (χ1v) is 7.26. The summed E-state index contributed by atoms with van der Waals surface area (Å²) in [6.45, 7) is 1.92. The number of rotatable bonds is 3. The molecule has 20 heavy (non-hydrogen) atoms. The molecule has 0 fully saturated rings. The molecule has 2 aromatic carbocycles. The molecule has 0 radical (unpaired) electrons. The van der Waals surface area contributed by atoms with E-state index in [-0.39, 0.29) is 11.9 Å². The monoisotopic (exact) mass is 352 g/mol. The predicted molar refractivity (Wildman–Crippen MR) is 85.9 cm³/mol. The van der Waals surface area contributed by atoms with Crippen LogP contribution in [0.15, 0.2) is 46.9 Å². The molecule has 0 saturated heterocycles. The molecule has 0 heterocycles. The quantitative estimate of drug-likeness (QED) is 0.813. The molecule has 0 aliphatic rings. The second kappa shape index (κ2) is 6.29. The zero-order valence-corrected chi connectivity index (χ0v) is 13.2. The Morgan fingerprint density at radius 3 is 2.70 bits per heavy atom. The summed E-state index contributed by atoms with van der Waals surface area (Å²) >= 11 is 9.24. The van der Waals surface area contributed by atoms with Crippen LogP contribution in [0.4, 0.5) is 5.69 Å². The molecular weight excluding hydrogens is 340 g/mol. The highest BCUT2D eigenvalue weighted by Gasteiger charge is 2.14. The SMILES string of the molecule is CC(NC(=O)c1ccc(Cl)cc1N)c1cccc(Br)c1. The molecule has 1 unspecified atom stereocenters. The van der Waals surface area contributed by atoms with Crippen LogP contribution < -0.4 is 11.1 Å². The molecule has 104 valence electrons.